The Bertz CT molecular complexity index is 796. The molecule has 0 saturated carbocycles. The van der Waals surface area contributed by atoms with Gasteiger partial charge in [-0.3, -0.25) is 4.79 Å². The molecule has 118 valence electrons. The fraction of sp³-hybridized carbons (Fsp3) is 0.0588. The molecule has 0 aliphatic heterocycles. The van der Waals surface area contributed by atoms with Crippen LogP contribution in [0.3, 0.4) is 0 Å². The summed E-state index contributed by atoms with van der Waals surface area (Å²) in [5.41, 5.74) is -0.0476. The Labute approximate surface area is 131 Å². The summed E-state index contributed by atoms with van der Waals surface area (Å²) in [5, 5.41) is 18.6. The first-order chi connectivity index (χ1) is 10.9. The Kier molecular flexibility index (Phi) is 4.75. The van der Waals surface area contributed by atoms with Crippen molar-refractivity contribution in [2.45, 2.75) is 0 Å². The van der Waals surface area contributed by atoms with Crippen LogP contribution in [-0.2, 0) is 0 Å². The third kappa shape index (κ3) is 3.74. The van der Waals surface area contributed by atoms with E-state index in [1.165, 1.54) is 43.5 Å². The Hall–Kier alpha value is -3.15. The van der Waals surface area contributed by atoms with Crippen LogP contribution in [0.2, 0.25) is 0 Å². The van der Waals surface area contributed by atoms with Crippen LogP contribution in [0.4, 0.5) is 4.39 Å². The lowest BCUT2D eigenvalue weighted by Gasteiger charge is -2.03. The van der Waals surface area contributed by atoms with E-state index in [1.807, 2.05) is 0 Å². The SMILES string of the molecule is COc1ccc(C(=O)C=Cc2cc(C(=O)O)ccc2O)c(F)c1. The zero-order valence-corrected chi connectivity index (χ0v) is 12.1. The topological polar surface area (TPSA) is 83.8 Å². The van der Waals surface area contributed by atoms with Gasteiger partial charge in [-0.15, -0.1) is 0 Å². The Morgan fingerprint density at radius 2 is 1.91 bits per heavy atom. The van der Waals surface area contributed by atoms with Crippen LogP contribution in [0.25, 0.3) is 6.08 Å². The zero-order valence-electron chi connectivity index (χ0n) is 12.1. The molecule has 2 N–H and O–H groups in total. The number of hydrogen-bond acceptors (Lipinski definition) is 4. The number of rotatable bonds is 5. The Morgan fingerprint density at radius 3 is 2.52 bits per heavy atom. The minimum atomic E-state index is -1.16. The number of carbonyl (C=O) groups is 2. The fourth-order valence-electron chi connectivity index (χ4n) is 1.90. The molecule has 0 fully saturated rings. The molecule has 2 aromatic carbocycles. The van der Waals surface area contributed by atoms with E-state index in [-0.39, 0.29) is 28.2 Å². The molecule has 2 rings (SSSR count). The van der Waals surface area contributed by atoms with Gasteiger partial charge < -0.3 is 14.9 Å². The molecule has 0 bridgehead atoms. The molecule has 5 nitrogen and oxygen atoms in total. The number of aromatic hydroxyl groups is 1. The number of carboxylic acids is 1. The van der Waals surface area contributed by atoms with Crippen molar-refractivity contribution in [3.8, 4) is 11.5 Å². The summed E-state index contributed by atoms with van der Waals surface area (Å²) in [6.45, 7) is 0. The first-order valence-electron chi connectivity index (χ1n) is 6.54. The molecule has 0 radical (unpaired) electrons. The number of phenols is 1. The number of halogens is 1. The minimum Gasteiger partial charge on any atom is -0.507 e. The molecule has 0 atom stereocenters. The summed E-state index contributed by atoms with van der Waals surface area (Å²) >= 11 is 0. The second-order valence-electron chi connectivity index (χ2n) is 4.62. The number of phenolic OH excluding ortho intramolecular Hbond substituents is 1. The van der Waals surface area contributed by atoms with Gasteiger partial charge in [-0.05, 0) is 42.5 Å². The normalized spacial score (nSPS) is 10.7. The van der Waals surface area contributed by atoms with Gasteiger partial charge in [-0.2, -0.15) is 0 Å². The molecule has 23 heavy (non-hydrogen) atoms. The quantitative estimate of drug-likeness (QED) is 0.654. The molecule has 0 aliphatic rings. The summed E-state index contributed by atoms with van der Waals surface area (Å²) in [7, 11) is 1.38. The number of carbonyl (C=O) groups excluding carboxylic acids is 1. The predicted octanol–water partition coefficient (Wildman–Crippen LogP) is 3.13. The van der Waals surface area contributed by atoms with Gasteiger partial charge in [0.2, 0.25) is 0 Å². The lowest BCUT2D eigenvalue weighted by atomic mass is 10.1. The fourth-order valence-corrected chi connectivity index (χ4v) is 1.90. The molecule has 0 saturated heterocycles. The molecule has 6 heteroatoms. The average Bonchev–Trinajstić information content (AvgIpc) is 2.53. The molecule has 0 amide bonds. The molecule has 0 aromatic heterocycles. The summed E-state index contributed by atoms with van der Waals surface area (Å²) in [4.78, 5) is 22.9. The number of benzene rings is 2. The smallest absolute Gasteiger partial charge is 0.335 e. The van der Waals surface area contributed by atoms with E-state index in [0.717, 1.165) is 12.1 Å². The number of carboxylic acid groups (broad SMARTS) is 1. The van der Waals surface area contributed by atoms with Gasteiger partial charge in [0.1, 0.15) is 17.3 Å². The van der Waals surface area contributed by atoms with Crippen molar-refractivity contribution < 1.29 is 28.9 Å². The number of hydrogen-bond donors (Lipinski definition) is 2. The summed E-state index contributed by atoms with van der Waals surface area (Å²) < 4.78 is 18.7. The van der Waals surface area contributed by atoms with Crippen molar-refractivity contribution in [2.75, 3.05) is 7.11 Å². The van der Waals surface area contributed by atoms with Crippen LogP contribution in [0.15, 0.2) is 42.5 Å². The van der Waals surface area contributed by atoms with E-state index in [0.29, 0.717) is 0 Å². The molecular weight excluding hydrogens is 303 g/mol. The van der Waals surface area contributed by atoms with Crippen LogP contribution >= 0.6 is 0 Å². The molecule has 0 spiro atoms. The van der Waals surface area contributed by atoms with E-state index >= 15 is 0 Å². The number of ketones is 1. The molecular formula is C17H13FO5. The van der Waals surface area contributed by atoms with Crippen molar-refractivity contribution >= 4 is 17.8 Å². The van der Waals surface area contributed by atoms with Crippen LogP contribution in [-0.4, -0.2) is 29.1 Å². The maximum absolute atomic E-state index is 13.8. The average molecular weight is 316 g/mol. The van der Waals surface area contributed by atoms with E-state index < -0.39 is 17.6 Å². The van der Waals surface area contributed by atoms with Crippen molar-refractivity contribution in [1.82, 2.24) is 0 Å². The first kappa shape index (κ1) is 16.2. The maximum atomic E-state index is 13.8. The van der Waals surface area contributed by atoms with E-state index in [2.05, 4.69) is 0 Å². The highest BCUT2D eigenvalue weighted by Gasteiger charge is 2.11. The van der Waals surface area contributed by atoms with Crippen molar-refractivity contribution in [1.29, 1.82) is 0 Å². The molecule has 2 aromatic rings. The second kappa shape index (κ2) is 6.74. The lowest BCUT2D eigenvalue weighted by Crippen LogP contribution is -1.99. The van der Waals surface area contributed by atoms with Gasteiger partial charge in [0.05, 0.1) is 18.2 Å². The predicted molar refractivity (Wildman–Crippen MR) is 81.4 cm³/mol. The number of ether oxygens (including phenoxy) is 1. The number of aromatic carboxylic acids is 1. The summed E-state index contributed by atoms with van der Waals surface area (Å²) in [6, 6.07) is 7.48. The van der Waals surface area contributed by atoms with Crippen LogP contribution < -0.4 is 4.74 Å². The van der Waals surface area contributed by atoms with Crippen LogP contribution in [0, 0.1) is 5.82 Å². The Morgan fingerprint density at radius 1 is 1.17 bits per heavy atom. The summed E-state index contributed by atoms with van der Waals surface area (Å²) in [5.74, 6) is -2.41. The van der Waals surface area contributed by atoms with Gasteiger partial charge in [0.25, 0.3) is 0 Å². The minimum absolute atomic E-state index is 0.0365. The highest BCUT2D eigenvalue weighted by atomic mass is 19.1. The number of methoxy groups -OCH3 is 1. The van der Waals surface area contributed by atoms with Crippen LogP contribution in [0.1, 0.15) is 26.3 Å². The summed E-state index contributed by atoms with van der Waals surface area (Å²) in [6.07, 6.45) is 2.29. The van der Waals surface area contributed by atoms with Gasteiger partial charge in [0.15, 0.2) is 5.78 Å². The van der Waals surface area contributed by atoms with Gasteiger partial charge >= 0.3 is 5.97 Å². The maximum Gasteiger partial charge on any atom is 0.335 e. The van der Waals surface area contributed by atoms with Crippen molar-refractivity contribution in [3.63, 3.8) is 0 Å². The number of allylic oxidation sites excluding steroid dienone is 1. The second-order valence-corrected chi connectivity index (χ2v) is 4.62. The third-order valence-corrected chi connectivity index (χ3v) is 3.13. The highest BCUT2D eigenvalue weighted by molar-refractivity contribution is 6.07. The first-order valence-corrected chi connectivity index (χ1v) is 6.54. The lowest BCUT2D eigenvalue weighted by molar-refractivity contribution is 0.0696. The van der Waals surface area contributed by atoms with Crippen LogP contribution in [0.5, 0.6) is 11.5 Å². The molecule has 0 unspecified atom stereocenters. The van der Waals surface area contributed by atoms with Crippen molar-refractivity contribution in [2.24, 2.45) is 0 Å². The highest BCUT2D eigenvalue weighted by Crippen LogP contribution is 2.21. The molecule has 0 aliphatic carbocycles. The van der Waals surface area contributed by atoms with E-state index in [4.69, 9.17) is 9.84 Å². The van der Waals surface area contributed by atoms with Gasteiger partial charge in [-0.1, -0.05) is 0 Å². The third-order valence-electron chi connectivity index (χ3n) is 3.13. The van der Waals surface area contributed by atoms with E-state index in [1.54, 1.807) is 0 Å². The van der Waals surface area contributed by atoms with E-state index in [9.17, 15) is 19.1 Å². The van der Waals surface area contributed by atoms with Gasteiger partial charge in [0, 0.05) is 11.6 Å². The zero-order chi connectivity index (χ0) is 17.0. The largest absolute Gasteiger partial charge is 0.507 e. The molecule has 0 heterocycles. The van der Waals surface area contributed by atoms with Crippen molar-refractivity contribution in [3.05, 3.63) is 65.0 Å². The Balaban J connectivity index is 2.28. The monoisotopic (exact) mass is 316 g/mol. The standard InChI is InChI=1S/C17H13FO5/c1-23-12-4-5-13(14(18)9-12)16(20)7-2-10-8-11(17(21)22)3-6-15(10)19/h2-9,19H,1H3,(H,21,22). The van der Waals surface area contributed by atoms with Gasteiger partial charge in [-0.25, -0.2) is 9.18 Å².